The van der Waals surface area contributed by atoms with Crippen LogP contribution in [0.15, 0.2) is 84.1 Å². The molecule has 2 aromatic carbocycles. The van der Waals surface area contributed by atoms with Gasteiger partial charge in [-0.05, 0) is 60.7 Å². The zero-order valence-electron chi connectivity index (χ0n) is 26.2. The highest BCUT2D eigenvalue weighted by Gasteiger charge is 2.29. The van der Waals surface area contributed by atoms with Crippen molar-refractivity contribution >= 4 is 12.2 Å². The lowest BCUT2D eigenvalue weighted by Gasteiger charge is -2.37. The Labute approximate surface area is 256 Å². The number of halogens is 1. The molecule has 3 aliphatic heterocycles. The van der Waals surface area contributed by atoms with Crippen molar-refractivity contribution in [2.75, 3.05) is 44.7 Å². The molecule has 0 saturated carbocycles. The molecule has 0 radical (unpaired) electrons. The summed E-state index contributed by atoms with van der Waals surface area (Å²) in [6, 6.07) is 12.6. The van der Waals surface area contributed by atoms with Gasteiger partial charge in [0.15, 0.2) is 0 Å². The fourth-order valence-corrected chi connectivity index (χ4v) is 5.75. The molecule has 2 unspecified atom stereocenters. The van der Waals surface area contributed by atoms with Crippen LogP contribution >= 0.6 is 0 Å². The number of piperazine rings is 1. The Morgan fingerprint density at radius 2 is 1.86 bits per heavy atom. The number of methoxy groups -OCH3 is 1. The van der Waals surface area contributed by atoms with Crippen LogP contribution in [0.3, 0.4) is 0 Å². The number of benzene rings is 2. The third-order valence-corrected chi connectivity index (χ3v) is 7.83. The van der Waals surface area contributed by atoms with Gasteiger partial charge in [0.05, 0.1) is 18.8 Å². The molecule has 43 heavy (non-hydrogen) atoms. The quantitative estimate of drug-likeness (QED) is 0.361. The van der Waals surface area contributed by atoms with Gasteiger partial charge in [-0.25, -0.2) is 4.39 Å². The first-order chi connectivity index (χ1) is 20.9. The maximum Gasteiger partial charge on any atom is 0.290 e. The number of anilines is 1. The van der Waals surface area contributed by atoms with Crippen molar-refractivity contribution in [3.8, 4) is 5.75 Å². The van der Waals surface area contributed by atoms with Crippen LogP contribution in [0.25, 0.3) is 0 Å². The summed E-state index contributed by atoms with van der Waals surface area (Å²) in [7, 11) is 1.74. The first-order valence-electron chi connectivity index (χ1n) is 15.1. The van der Waals surface area contributed by atoms with Gasteiger partial charge in [0, 0.05) is 56.6 Å². The van der Waals surface area contributed by atoms with Crippen LogP contribution in [-0.2, 0) is 11.3 Å². The highest BCUT2D eigenvalue weighted by Crippen LogP contribution is 2.36. The largest absolute Gasteiger partial charge is 0.496 e. The number of nitrogens with one attached hydrogen (secondary N) is 2. The van der Waals surface area contributed by atoms with Crippen molar-refractivity contribution in [1.29, 1.82) is 0 Å². The number of carbonyl (C=O) groups is 1. The second kappa shape index (κ2) is 16.7. The lowest BCUT2D eigenvalue weighted by atomic mass is 9.87. The Kier molecular flexibility index (Phi) is 13.0. The Morgan fingerprint density at radius 1 is 1.14 bits per heavy atom. The van der Waals surface area contributed by atoms with Crippen molar-refractivity contribution < 1.29 is 19.0 Å². The second-order valence-electron chi connectivity index (χ2n) is 10.6. The zero-order valence-corrected chi connectivity index (χ0v) is 26.2. The molecular formula is C35H47FN4O3. The topological polar surface area (TPSA) is 77.1 Å². The first kappa shape index (κ1) is 33.6. The maximum absolute atomic E-state index is 14.7. The summed E-state index contributed by atoms with van der Waals surface area (Å²) < 4.78 is 20.5. The number of ether oxygens (including phenoxy) is 1. The summed E-state index contributed by atoms with van der Waals surface area (Å²) in [5, 5.41) is 14.4. The normalized spacial score (nSPS) is 21.7. The molecule has 3 aliphatic rings. The van der Waals surface area contributed by atoms with Gasteiger partial charge in [-0.1, -0.05) is 62.9 Å². The molecule has 2 atom stereocenters. The fourth-order valence-electron chi connectivity index (χ4n) is 5.75. The van der Waals surface area contributed by atoms with E-state index in [9.17, 15) is 4.39 Å². The summed E-state index contributed by atoms with van der Waals surface area (Å²) in [5.41, 5.74) is 7.35. The average molecular weight is 591 g/mol. The smallest absolute Gasteiger partial charge is 0.290 e. The number of allylic oxidation sites excluding steroid dienone is 4. The number of nitrogens with zero attached hydrogens (tertiary/aromatic N) is 2. The van der Waals surface area contributed by atoms with Gasteiger partial charge < -0.3 is 25.4 Å². The van der Waals surface area contributed by atoms with E-state index < -0.39 is 0 Å². The maximum atomic E-state index is 14.7. The molecule has 0 aromatic heterocycles. The van der Waals surface area contributed by atoms with E-state index in [1.807, 2.05) is 39.0 Å². The van der Waals surface area contributed by atoms with Crippen molar-refractivity contribution in [3.63, 3.8) is 0 Å². The van der Waals surface area contributed by atoms with Gasteiger partial charge in [0.2, 0.25) is 0 Å². The predicted octanol–water partition coefficient (Wildman–Crippen LogP) is 6.14. The van der Waals surface area contributed by atoms with Gasteiger partial charge in [-0.2, -0.15) is 0 Å². The molecule has 7 nitrogen and oxygen atoms in total. The fraction of sp³-hybridized carbons (Fsp3) is 0.400. The van der Waals surface area contributed by atoms with E-state index in [2.05, 4.69) is 76.4 Å². The predicted molar refractivity (Wildman–Crippen MR) is 174 cm³/mol. The average Bonchev–Trinajstić information content (AvgIpc) is 3.10. The van der Waals surface area contributed by atoms with Crippen LogP contribution < -0.4 is 20.3 Å². The van der Waals surface area contributed by atoms with Gasteiger partial charge >= 0.3 is 0 Å². The number of rotatable bonds is 5. The summed E-state index contributed by atoms with van der Waals surface area (Å²) in [6.45, 7) is 17.1. The third-order valence-electron chi connectivity index (χ3n) is 7.83. The van der Waals surface area contributed by atoms with Crippen LogP contribution in [0, 0.1) is 12.7 Å². The Balaban J connectivity index is 0.000000953. The lowest BCUT2D eigenvalue weighted by Crippen LogP contribution is -2.46. The third kappa shape index (κ3) is 8.58. The Morgan fingerprint density at radius 3 is 2.56 bits per heavy atom. The minimum absolute atomic E-state index is 0.0520. The van der Waals surface area contributed by atoms with Gasteiger partial charge in [-0.15, -0.1) is 0 Å². The van der Waals surface area contributed by atoms with Crippen LogP contribution in [-0.4, -0.2) is 62.4 Å². The van der Waals surface area contributed by atoms with Crippen molar-refractivity contribution in [2.45, 2.75) is 52.7 Å². The molecule has 5 rings (SSSR count). The van der Waals surface area contributed by atoms with E-state index in [4.69, 9.17) is 14.6 Å². The summed E-state index contributed by atoms with van der Waals surface area (Å²) in [4.78, 5) is 13.0. The Bertz CT molecular complexity index is 1330. The zero-order chi connectivity index (χ0) is 31.4. The molecule has 3 N–H and O–H groups in total. The molecule has 0 bridgehead atoms. The summed E-state index contributed by atoms with van der Waals surface area (Å²) in [6.07, 6.45) is 9.32. The van der Waals surface area contributed by atoms with Gasteiger partial charge in [-0.3, -0.25) is 9.69 Å². The molecule has 2 aromatic rings. The van der Waals surface area contributed by atoms with Crippen LogP contribution in [0.4, 0.5) is 10.1 Å². The molecule has 0 spiro atoms. The monoisotopic (exact) mass is 590 g/mol. The van der Waals surface area contributed by atoms with Crippen molar-refractivity contribution in [3.05, 3.63) is 107 Å². The molecule has 0 amide bonds. The lowest BCUT2D eigenvalue weighted by molar-refractivity contribution is -0.122. The van der Waals surface area contributed by atoms with E-state index in [1.165, 1.54) is 22.4 Å². The highest BCUT2D eigenvalue weighted by molar-refractivity contribution is 5.51. The van der Waals surface area contributed by atoms with E-state index in [1.54, 1.807) is 7.11 Å². The number of aryl methyl sites for hydroxylation is 1. The van der Waals surface area contributed by atoms with Gasteiger partial charge in [0.25, 0.3) is 6.47 Å². The van der Waals surface area contributed by atoms with Gasteiger partial charge in [0.1, 0.15) is 11.6 Å². The molecular weight excluding hydrogens is 543 g/mol. The standard InChI is InChI=1S/C32H39FN4O.C2H6.CH2O2/c1-22-9-6-5-7-14-34-32-27(22)19-24(3)35-31(32)25-12-13-29(38-4)26(20-25)21-36-15-17-37(18-16-36)28-11-8-10-23(2)30(28)33;1-2;2-1-3/h5-13,20,24,31,34-35H,1,14-19,21H2,2-4H3;1-2H3;1H,(H,2,3)/b7-5-,9-6-;;. The van der Waals surface area contributed by atoms with E-state index >= 15 is 0 Å². The summed E-state index contributed by atoms with van der Waals surface area (Å²) in [5.74, 6) is 0.794. The molecule has 3 heterocycles. The van der Waals surface area contributed by atoms with Crippen molar-refractivity contribution in [2.24, 2.45) is 0 Å². The van der Waals surface area contributed by atoms with Crippen molar-refractivity contribution in [1.82, 2.24) is 15.5 Å². The molecule has 8 heteroatoms. The SMILES string of the molecule is C=C1/C=C\C=C/CNC2=C1CC(C)NC2c1ccc(OC)c(CN2CCN(c3cccc(C)c3F)CC2)c1.CC.O=CO. The molecule has 232 valence electrons. The first-order valence-corrected chi connectivity index (χ1v) is 15.1. The Hall–Kier alpha value is -3.88. The minimum atomic E-state index is -0.250. The van der Waals surface area contributed by atoms with E-state index in [0.717, 1.165) is 57.0 Å². The molecule has 1 fully saturated rings. The molecule has 0 aliphatic carbocycles. The highest BCUT2D eigenvalue weighted by atomic mass is 19.1. The number of hydrogen-bond acceptors (Lipinski definition) is 6. The number of carboxylic acid groups (broad SMARTS) is 1. The van der Waals surface area contributed by atoms with Crippen LogP contribution in [0.5, 0.6) is 5.75 Å². The van der Waals surface area contributed by atoms with E-state index in [-0.39, 0.29) is 18.3 Å². The summed E-state index contributed by atoms with van der Waals surface area (Å²) >= 11 is 0. The minimum Gasteiger partial charge on any atom is -0.496 e. The van der Waals surface area contributed by atoms with Crippen LogP contribution in [0.1, 0.15) is 49.9 Å². The van der Waals surface area contributed by atoms with E-state index in [0.29, 0.717) is 17.3 Å². The van der Waals surface area contributed by atoms with Crippen LogP contribution in [0.2, 0.25) is 0 Å². The number of hydrogen-bond donors (Lipinski definition) is 3. The second-order valence-corrected chi connectivity index (χ2v) is 10.6. The molecule has 1 saturated heterocycles.